The van der Waals surface area contributed by atoms with Gasteiger partial charge in [0.2, 0.25) is 0 Å². The maximum absolute atomic E-state index is 9.09. The predicted octanol–water partition coefficient (Wildman–Crippen LogP) is 1.93. The lowest BCUT2D eigenvalue weighted by Crippen LogP contribution is -2.29. The molecule has 1 rings (SSSR count). The van der Waals surface area contributed by atoms with Crippen LogP contribution in [0.4, 0.5) is 0 Å². The summed E-state index contributed by atoms with van der Waals surface area (Å²) in [6.07, 6.45) is 4.62. The van der Waals surface area contributed by atoms with Gasteiger partial charge in [-0.15, -0.1) is 0 Å². The maximum atomic E-state index is 9.09. The van der Waals surface area contributed by atoms with Crippen LogP contribution in [-0.4, -0.2) is 23.8 Å². The number of hydrogen-bond acceptors (Lipinski definition) is 2. The van der Waals surface area contributed by atoms with Crippen molar-refractivity contribution in [3.63, 3.8) is 0 Å². The lowest BCUT2D eigenvalue weighted by molar-refractivity contribution is 0.182. The van der Waals surface area contributed by atoms with Crippen molar-refractivity contribution in [3.05, 3.63) is 0 Å². The first-order chi connectivity index (χ1) is 5.99. The Morgan fingerprint density at radius 2 is 2.23 bits per heavy atom. The van der Waals surface area contributed by atoms with E-state index in [-0.39, 0.29) is 6.10 Å². The van der Waals surface area contributed by atoms with E-state index in [1.807, 2.05) is 6.92 Å². The summed E-state index contributed by atoms with van der Waals surface area (Å²) in [5, 5.41) is 12.6. The average molecular weight is 185 g/mol. The first-order valence-electron chi connectivity index (χ1n) is 5.41. The molecule has 0 aliphatic heterocycles. The largest absolute Gasteiger partial charge is 0.393 e. The number of rotatable bonds is 4. The van der Waals surface area contributed by atoms with Gasteiger partial charge in [-0.3, -0.25) is 0 Å². The van der Waals surface area contributed by atoms with E-state index in [1.165, 1.54) is 19.3 Å². The van der Waals surface area contributed by atoms with Crippen LogP contribution in [0.1, 0.15) is 46.5 Å². The summed E-state index contributed by atoms with van der Waals surface area (Å²) in [5.41, 5.74) is 0.530. The normalized spacial score (nSPS) is 29.1. The van der Waals surface area contributed by atoms with Gasteiger partial charge < -0.3 is 10.4 Å². The van der Waals surface area contributed by atoms with E-state index in [1.54, 1.807) is 0 Å². The molecular weight excluding hydrogens is 162 g/mol. The van der Waals surface area contributed by atoms with Gasteiger partial charge in [0.15, 0.2) is 0 Å². The zero-order valence-electron chi connectivity index (χ0n) is 9.14. The molecule has 0 saturated heterocycles. The van der Waals surface area contributed by atoms with Crippen molar-refractivity contribution in [3.8, 4) is 0 Å². The molecule has 0 bridgehead atoms. The van der Waals surface area contributed by atoms with Crippen LogP contribution in [0.5, 0.6) is 0 Å². The molecule has 1 aliphatic rings. The second-order valence-corrected chi connectivity index (χ2v) is 5.20. The fourth-order valence-electron chi connectivity index (χ4n) is 2.11. The quantitative estimate of drug-likeness (QED) is 0.701. The van der Waals surface area contributed by atoms with E-state index in [9.17, 15) is 0 Å². The molecule has 0 aromatic carbocycles. The van der Waals surface area contributed by atoms with Crippen LogP contribution >= 0.6 is 0 Å². The van der Waals surface area contributed by atoms with Crippen LogP contribution < -0.4 is 5.32 Å². The van der Waals surface area contributed by atoms with Gasteiger partial charge in [-0.25, -0.2) is 0 Å². The first kappa shape index (κ1) is 11.0. The molecule has 0 amide bonds. The topological polar surface area (TPSA) is 32.3 Å². The van der Waals surface area contributed by atoms with Crippen molar-refractivity contribution in [2.24, 2.45) is 5.41 Å². The molecule has 0 radical (unpaired) electrons. The lowest BCUT2D eigenvalue weighted by atomic mass is 9.92. The lowest BCUT2D eigenvalue weighted by Gasteiger charge is -2.18. The summed E-state index contributed by atoms with van der Waals surface area (Å²) in [4.78, 5) is 0. The fraction of sp³-hybridized carbons (Fsp3) is 1.00. The Morgan fingerprint density at radius 1 is 1.54 bits per heavy atom. The molecule has 2 N–H and O–H groups in total. The molecule has 0 aromatic heterocycles. The molecule has 0 heterocycles. The predicted molar refractivity (Wildman–Crippen MR) is 55.7 cm³/mol. The van der Waals surface area contributed by atoms with Gasteiger partial charge in [0.25, 0.3) is 0 Å². The molecular formula is C11H23NO. The van der Waals surface area contributed by atoms with Crippen LogP contribution in [0.25, 0.3) is 0 Å². The zero-order chi connectivity index (χ0) is 9.90. The molecule has 2 unspecified atom stereocenters. The van der Waals surface area contributed by atoms with Gasteiger partial charge in [0, 0.05) is 6.04 Å². The van der Waals surface area contributed by atoms with Gasteiger partial charge in [0.1, 0.15) is 0 Å². The van der Waals surface area contributed by atoms with E-state index in [0.29, 0.717) is 11.5 Å². The minimum atomic E-state index is -0.165. The smallest absolute Gasteiger partial charge is 0.0524 e. The van der Waals surface area contributed by atoms with E-state index >= 15 is 0 Å². The van der Waals surface area contributed by atoms with Crippen LogP contribution in [0.3, 0.4) is 0 Å². The SMILES string of the molecule is CC(O)CCNC1CCC(C)(C)C1. The van der Waals surface area contributed by atoms with Crippen molar-refractivity contribution >= 4 is 0 Å². The number of aliphatic hydroxyl groups is 1. The standard InChI is InChI=1S/C11H23NO/c1-9(13)5-7-12-10-4-6-11(2,3)8-10/h9-10,12-13H,4-8H2,1-3H3. The fourth-order valence-corrected chi connectivity index (χ4v) is 2.11. The summed E-state index contributed by atoms with van der Waals surface area (Å²) in [6, 6.07) is 0.689. The zero-order valence-corrected chi connectivity index (χ0v) is 9.14. The Morgan fingerprint density at radius 3 is 2.69 bits per heavy atom. The second-order valence-electron chi connectivity index (χ2n) is 5.20. The molecule has 1 fully saturated rings. The highest BCUT2D eigenvalue weighted by atomic mass is 16.3. The molecule has 2 nitrogen and oxygen atoms in total. The van der Waals surface area contributed by atoms with Crippen molar-refractivity contribution in [1.82, 2.24) is 5.32 Å². The van der Waals surface area contributed by atoms with Gasteiger partial charge in [-0.05, 0) is 44.6 Å². The van der Waals surface area contributed by atoms with Gasteiger partial charge in [0.05, 0.1) is 6.10 Å². The average Bonchev–Trinajstić information content (AvgIpc) is 2.29. The van der Waals surface area contributed by atoms with Gasteiger partial charge in [-0.2, -0.15) is 0 Å². The Hall–Kier alpha value is -0.0800. The van der Waals surface area contributed by atoms with Crippen LogP contribution in [0.2, 0.25) is 0 Å². The first-order valence-corrected chi connectivity index (χ1v) is 5.41. The summed E-state index contributed by atoms with van der Waals surface area (Å²) in [6.45, 7) is 7.48. The Kier molecular flexibility index (Phi) is 3.74. The van der Waals surface area contributed by atoms with E-state index in [0.717, 1.165) is 13.0 Å². The molecule has 0 spiro atoms. The van der Waals surface area contributed by atoms with Crippen molar-refractivity contribution < 1.29 is 5.11 Å². The minimum absolute atomic E-state index is 0.165. The number of hydrogen-bond donors (Lipinski definition) is 2. The summed E-state index contributed by atoms with van der Waals surface area (Å²) < 4.78 is 0. The van der Waals surface area contributed by atoms with Crippen molar-refractivity contribution in [2.75, 3.05) is 6.54 Å². The van der Waals surface area contributed by atoms with Gasteiger partial charge >= 0.3 is 0 Å². The number of nitrogens with one attached hydrogen (secondary N) is 1. The Balaban J connectivity index is 2.11. The third-order valence-corrected chi connectivity index (χ3v) is 2.96. The van der Waals surface area contributed by atoms with E-state index < -0.39 is 0 Å². The van der Waals surface area contributed by atoms with Crippen molar-refractivity contribution in [2.45, 2.75) is 58.6 Å². The summed E-state index contributed by atoms with van der Waals surface area (Å²) in [5.74, 6) is 0. The van der Waals surface area contributed by atoms with E-state index in [2.05, 4.69) is 19.2 Å². The highest BCUT2D eigenvalue weighted by Crippen LogP contribution is 2.36. The Bertz CT molecular complexity index is 154. The highest BCUT2D eigenvalue weighted by molar-refractivity contribution is 4.86. The molecule has 1 aliphatic carbocycles. The third-order valence-electron chi connectivity index (χ3n) is 2.96. The third kappa shape index (κ3) is 4.10. The van der Waals surface area contributed by atoms with Gasteiger partial charge in [-0.1, -0.05) is 13.8 Å². The van der Waals surface area contributed by atoms with Crippen LogP contribution in [-0.2, 0) is 0 Å². The second kappa shape index (κ2) is 4.43. The minimum Gasteiger partial charge on any atom is -0.393 e. The molecule has 78 valence electrons. The summed E-state index contributed by atoms with van der Waals surface area (Å²) >= 11 is 0. The van der Waals surface area contributed by atoms with E-state index in [4.69, 9.17) is 5.11 Å². The molecule has 1 saturated carbocycles. The van der Waals surface area contributed by atoms with Crippen LogP contribution in [0, 0.1) is 5.41 Å². The molecule has 2 atom stereocenters. The van der Waals surface area contributed by atoms with Crippen LogP contribution in [0.15, 0.2) is 0 Å². The van der Waals surface area contributed by atoms with Crippen molar-refractivity contribution in [1.29, 1.82) is 0 Å². The highest BCUT2D eigenvalue weighted by Gasteiger charge is 2.30. The molecule has 0 aromatic rings. The maximum Gasteiger partial charge on any atom is 0.0524 e. The Labute approximate surface area is 81.7 Å². The number of aliphatic hydroxyl groups excluding tert-OH is 1. The molecule has 13 heavy (non-hydrogen) atoms. The summed E-state index contributed by atoms with van der Waals surface area (Å²) in [7, 11) is 0. The monoisotopic (exact) mass is 185 g/mol. The molecule has 2 heteroatoms.